The van der Waals surface area contributed by atoms with E-state index in [4.69, 9.17) is 0 Å². The maximum Gasteiger partial charge on any atom is 0.0713 e. The number of fused-ring (bicyclic) bond motifs is 5. The van der Waals surface area contributed by atoms with Crippen LogP contribution in [0.2, 0.25) is 0 Å². The van der Waals surface area contributed by atoms with Gasteiger partial charge in [0.05, 0.1) is 21.7 Å². The summed E-state index contributed by atoms with van der Waals surface area (Å²) in [6.07, 6.45) is 9.63. The fourth-order valence-electron chi connectivity index (χ4n) is 22.2. The summed E-state index contributed by atoms with van der Waals surface area (Å²) in [5.74, 6) is 0. The molecular weight excluding hydrogens is 1590 g/mol. The largest absolute Gasteiger partial charge is 0.311 e. The van der Waals surface area contributed by atoms with Crippen molar-refractivity contribution < 1.29 is 0 Å². The SMILES string of the molecule is C1=C(c2ccc(N(c3ccc(C4=Cc5ccccc5C4(c4ccccc4)c4ccccc4)cc3)c3ccc(-c4ccccc4)cc3)cc2)C(c2ccccc2)(c2ccccc2)c2ccccc21.C1=C(c2ccc(N(c3ccc(C4=Cc5ccccc5C4(c4ccccc4)c4ccccc4)cc3)c3ccc4ccccc4c3)cc2)C(c2ccccc2)(c2ccccc2)c2ccccc21. The second kappa shape index (κ2) is 34.1. The van der Waals surface area contributed by atoms with E-state index in [2.05, 4.69) is 568 Å². The summed E-state index contributed by atoms with van der Waals surface area (Å²) in [6.45, 7) is 0. The van der Waals surface area contributed by atoms with Crippen molar-refractivity contribution in [2.24, 2.45) is 0 Å². The molecule has 2 heteroatoms. The minimum absolute atomic E-state index is 0.474. The first-order valence-electron chi connectivity index (χ1n) is 45.8. The molecule has 0 aliphatic heterocycles. The third kappa shape index (κ3) is 13.5. The fourth-order valence-corrected chi connectivity index (χ4v) is 22.2. The Balaban J connectivity index is 0.000000150. The lowest BCUT2D eigenvalue weighted by molar-refractivity contribution is 0.814. The Morgan fingerprint density at radius 3 is 0.561 bits per heavy atom. The number of nitrogens with zero attached hydrogens (tertiary/aromatic N) is 2. The first-order chi connectivity index (χ1) is 65.4. The number of anilines is 6. The summed E-state index contributed by atoms with van der Waals surface area (Å²) in [7, 11) is 0. The van der Waals surface area contributed by atoms with Gasteiger partial charge in [-0.3, -0.25) is 0 Å². The maximum atomic E-state index is 2.41. The summed E-state index contributed by atoms with van der Waals surface area (Å²) in [5, 5.41) is 2.43. The van der Waals surface area contributed by atoms with Crippen LogP contribution >= 0.6 is 0 Å². The fraction of sp³-hybridized carbons (Fsp3) is 0.0308. The number of benzene rings is 20. The van der Waals surface area contributed by atoms with Crippen molar-refractivity contribution in [2.45, 2.75) is 21.7 Å². The van der Waals surface area contributed by atoms with E-state index in [1.54, 1.807) is 0 Å². The van der Waals surface area contributed by atoms with E-state index < -0.39 is 21.7 Å². The number of rotatable bonds is 19. The van der Waals surface area contributed by atoms with Gasteiger partial charge in [-0.25, -0.2) is 0 Å². The van der Waals surface area contributed by atoms with E-state index in [9.17, 15) is 0 Å². The molecule has 0 bridgehead atoms. The summed E-state index contributed by atoms with van der Waals surface area (Å²) < 4.78 is 0. The van der Waals surface area contributed by atoms with Crippen molar-refractivity contribution in [3.8, 4) is 11.1 Å². The Bertz CT molecular complexity index is 7160. The monoisotopic (exact) mass is 1680 g/mol. The summed E-state index contributed by atoms with van der Waals surface area (Å²) in [5.41, 5.74) is 37.1. The molecule has 0 atom stereocenters. The molecule has 0 N–H and O–H groups in total. The Kier molecular flexibility index (Phi) is 20.6. The lowest BCUT2D eigenvalue weighted by Gasteiger charge is -2.36. The van der Waals surface area contributed by atoms with Gasteiger partial charge in [-0.15, -0.1) is 0 Å². The number of allylic oxidation sites excluding steroid dienone is 4. The van der Waals surface area contributed by atoms with Gasteiger partial charge in [-0.1, -0.05) is 461 Å². The molecule has 4 aliphatic rings. The van der Waals surface area contributed by atoms with Crippen molar-refractivity contribution in [3.05, 3.63) is 645 Å². The van der Waals surface area contributed by atoms with Gasteiger partial charge in [0.2, 0.25) is 0 Å². The predicted molar refractivity (Wildman–Crippen MR) is 554 cm³/mol. The van der Waals surface area contributed by atoms with Crippen molar-refractivity contribution in [3.63, 3.8) is 0 Å². The average Bonchev–Trinajstić information content (AvgIpc) is 1.53. The van der Waals surface area contributed by atoms with Crippen LogP contribution in [0.3, 0.4) is 0 Å². The highest BCUT2D eigenvalue weighted by Gasteiger charge is 2.50. The minimum Gasteiger partial charge on any atom is -0.311 e. The summed E-state index contributed by atoms with van der Waals surface area (Å²) >= 11 is 0. The zero-order valence-electron chi connectivity index (χ0n) is 73.0. The van der Waals surface area contributed by atoms with E-state index >= 15 is 0 Å². The van der Waals surface area contributed by atoms with Gasteiger partial charge in [0.25, 0.3) is 0 Å². The van der Waals surface area contributed by atoms with Crippen molar-refractivity contribution in [2.75, 3.05) is 9.80 Å². The van der Waals surface area contributed by atoms with Crippen LogP contribution in [-0.4, -0.2) is 0 Å². The number of hydrogen-bond donors (Lipinski definition) is 0. The third-order valence-corrected chi connectivity index (χ3v) is 27.9. The van der Waals surface area contributed by atoms with Gasteiger partial charge in [0.15, 0.2) is 0 Å². The summed E-state index contributed by atoms with van der Waals surface area (Å²) in [4.78, 5) is 4.79. The van der Waals surface area contributed by atoms with E-state index in [1.165, 1.54) is 155 Å². The topological polar surface area (TPSA) is 6.48 Å². The average molecular weight is 1680 g/mol. The molecule has 0 radical (unpaired) electrons. The zero-order chi connectivity index (χ0) is 87.8. The van der Waals surface area contributed by atoms with Crippen LogP contribution in [0.4, 0.5) is 34.1 Å². The Morgan fingerprint density at radius 1 is 0.129 bits per heavy atom. The normalized spacial score (nSPS) is 14.2. The van der Waals surface area contributed by atoms with Crippen LogP contribution in [0.1, 0.15) is 111 Å². The van der Waals surface area contributed by atoms with Crippen molar-refractivity contribution in [1.82, 2.24) is 0 Å². The number of hydrogen-bond acceptors (Lipinski definition) is 2. The smallest absolute Gasteiger partial charge is 0.0713 e. The van der Waals surface area contributed by atoms with Gasteiger partial charge >= 0.3 is 0 Å². The van der Waals surface area contributed by atoms with Crippen LogP contribution < -0.4 is 9.80 Å². The molecule has 0 heterocycles. The highest BCUT2D eigenvalue weighted by atomic mass is 15.1. The Labute approximate surface area is 773 Å². The Morgan fingerprint density at radius 2 is 0.311 bits per heavy atom. The van der Waals surface area contributed by atoms with Crippen LogP contribution in [0.5, 0.6) is 0 Å². The predicted octanol–water partition coefficient (Wildman–Crippen LogP) is 32.7. The molecule has 0 saturated carbocycles. The van der Waals surface area contributed by atoms with Crippen LogP contribution in [0, 0.1) is 0 Å². The van der Waals surface area contributed by atoms with Gasteiger partial charge in [-0.2, -0.15) is 0 Å². The Hall–Kier alpha value is -16.8. The van der Waals surface area contributed by atoms with Crippen LogP contribution in [0.25, 0.3) is 68.5 Å². The third-order valence-electron chi connectivity index (χ3n) is 27.9. The zero-order valence-corrected chi connectivity index (χ0v) is 73.0. The molecule has 622 valence electrons. The van der Waals surface area contributed by atoms with Crippen LogP contribution in [-0.2, 0) is 21.7 Å². The van der Waals surface area contributed by atoms with Gasteiger partial charge < -0.3 is 9.80 Å². The first-order valence-corrected chi connectivity index (χ1v) is 45.8. The van der Waals surface area contributed by atoms with Gasteiger partial charge in [-0.05, 0) is 253 Å². The molecule has 0 fully saturated rings. The molecule has 0 unspecified atom stereocenters. The molecule has 0 aromatic heterocycles. The molecule has 24 rings (SSSR count). The lowest BCUT2D eigenvalue weighted by atomic mass is 9.65. The molecule has 20 aromatic rings. The highest BCUT2D eigenvalue weighted by Crippen LogP contribution is 2.61. The van der Waals surface area contributed by atoms with Crippen molar-refractivity contribution >= 4 is 91.5 Å². The molecule has 0 saturated heterocycles. The molecule has 4 aliphatic carbocycles. The second-order valence-electron chi connectivity index (χ2n) is 34.8. The summed E-state index contributed by atoms with van der Waals surface area (Å²) in [6, 6.07) is 196. The molecule has 0 amide bonds. The van der Waals surface area contributed by atoms with Crippen LogP contribution in [0.15, 0.2) is 534 Å². The quantitative estimate of drug-likeness (QED) is 0.0796. The standard InChI is InChI=1S/C66H47N.C64H45N/c1-6-20-48(21-7-1)49-34-40-58(41-35-49)67(59-42-36-50(37-43-59)63-46-52-22-16-18-32-61(52)65(63,54-24-8-2-9-25-54)55-26-10-3-11-27-55)60-44-38-51(39-45-60)64-47-53-23-17-19-33-62(53)66(64,56-28-12-4-13-29-56)57-30-14-5-15-31-57;1-5-23-52(24-6-1)63(53-25-7-2-8-26-53)59-31-17-15-21-50(59)44-61(63)47-34-38-56(39-35-47)65(58-42-33-46-19-13-14-20-49(46)43-58)57-40-36-48(37-41-57)62-45-51-22-16-18-32-60(51)64(62,54-27-9-3-10-28-54)55-29-11-4-12-30-55/h1-47H;1-45H. The molecule has 20 aromatic carbocycles. The minimum atomic E-state index is -0.479. The van der Waals surface area contributed by atoms with Gasteiger partial charge in [0.1, 0.15) is 0 Å². The lowest BCUT2D eigenvalue weighted by Crippen LogP contribution is -2.29. The highest BCUT2D eigenvalue weighted by molar-refractivity contribution is 6.05. The second-order valence-corrected chi connectivity index (χ2v) is 34.8. The molecule has 2 nitrogen and oxygen atoms in total. The van der Waals surface area contributed by atoms with E-state index in [-0.39, 0.29) is 0 Å². The van der Waals surface area contributed by atoms with Gasteiger partial charge in [0, 0.05) is 34.1 Å². The molecule has 132 heavy (non-hydrogen) atoms. The van der Waals surface area contributed by atoms with E-state index in [1.807, 2.05) is 0 Å². The molecule has 0 spiro atoms. The molecular formula is C130H92N2. The maximum absolute atomic E-state index is 2.41. The van der Waals surface area contributed by atoms with E-state index in [0.29, 0.717) is 0 Å². The van der Waals surface area contributed by atoms with E-state index in [0.717, 1.165) is 34.1 Å². The first kappa shape index (κ1) is 79.8. The van der Waals surface area contributed by atoms with Crippen molar-refractivity contribution in [1.29, 1.82) is 0 Å².